The molecule has 0 aliphatic carbocycles. The van der Waals surface area contributed by atoms with E-state index in [1.54, 1.807) is 12.2 Å². The van der Waals surface area contributed by atoms with Crippen molar-refractivity contribution in [2.45, 2.75) is 78.1 Å². The number of hydrogen-bond acceptors (Lipinski definition) is 3. The molecule has 0 bridgehead atoms. The van der Waals surface area contributed by atoms with Crippen LogP contribution in [0, 0.1) is 0 Å². The Morgan fingerprint density at radius 1 is 0.650 bits per heavy atom. The average Bonchev–Trinajstić information content (AvgIpc) is 2.37. The summed E-state index contributed by atoms with van der Waals surface area (Å²) in [5, 5.41) is 0. The first-order valence-electron chi connectivity index (χ1n) is 8.01. The molecule has 0 aromatic carbocycles. The van der Waals surface area contributed by atoms with E-state index in [9.17, 15) is 14.7 Å². The van der Waals surface area contributed by atoms with Crippen molar-refractivity contribution in [1.29, 1.82) is 0 Å². The van der Waals surface area contributed by atoms with Gasteiger partial charge in [0.1, 0.15) is 0 Å². The Labute approximate surface area is 124 Å². The van der Waals surface area contributed by atoms with Gasteiger partial charge in [-0.3, -0.25) is 0 Å². The van der Waals surface area contributed by atoms with E-state index in [0.717, 1.165) is 38.5 Å². The standard InChI is InChI=1S/C16H33O3P/c1-3-5-7-9-11-13-15-20(17,18,19)16-14-12-10-8-6-4-2/h13-19H,3-12H2,1-2H3. The minimum absolute atomic E-state index is 0.782. The molecule has 0 radical (unpaired) electrons. The van der Waals surface area contributed by atoms with Crippen molar-refractivity contribution in [1.82, 2.24) is 0 Å². The van der Waals surface area contributed by atoms with Crippen LogP contribution in [0.25, 0.3) is 0 Å². The molecule has 0 aliphatic heterocycles. The molecule has 0 saturated carbocycles. The molecular formula is C16H33O3P. The van der Waals surface area contributed by atoms with Gasteiger partial charge in [0.05, 0.1) is 0 Å². The van der Waals surface area contributed by atoms with Crippen LogP contribution in [0.1, 0.15) is 78.1 Å². The third-order valence-electron chi connectivity index (χ3n) is 3.23. The quantitative estimate of drug-likeness (QED) is 0.342. The van der Waals surface area contributed by atoms with E-state index >= 15 is 0 Å². The number of allylic oxidation sites excluding steroid dienone is 2. The summed E-state index contributed by atoms with van der Waals surface area (Å²) in [6.07, 6.45) is 14.1. The van der Waals surface area contributed by atoms with Crippen LogP contribution < -0.4 is 0 Å². The van der Waals surface area contributed by atoms with Crippen LogP contribution in [0.15, 0.2) is 23.8 Å². The minimum atomic E-state index is -4.67. The van der Waals surface area contributed by atoms with E-state index in [4.69, 9.17) is 0 Å². The van der Waals surface area contributed by atoms with E-state index < -0.39 is 7.28 Å². The molecule has 0 spiro atoms. The van der Waals surface area contributed by atoms with Gasteiger partial charge >= 0.3 is 124 Å². The molecule has 0 unspecified atom stereocenters. The summed E-state index contributed by atoms with van der Waals surface area (Å²) >= 11 is 0. The fourth-order valence-corrected chi connectivity index (χ4v) is 3.19. The summed E-state index contributed by atoms with van der Waals surface area (Å²) in [6.45, 7) is 4.31. The molecule has 0 rings (SSSR count). The van der Waals surface area contributed by atoms with Gasteiger partial charge in [-0.15, -0.1) is 0 Å². The number of rotatable bonds is 12. The summed E-state index contributed by atoms with van der Waals surface area (Å²) in [7, 11) is -4.67. The Morgan fingerprint density at radius 2 is 1.05 bits per heavy atom. The van der Waals surface area contributed by atoms with Crippen molar-refractivity contribution in [3.63, 3.8) is 0 Å². The Hall–Kier alpha value is -0.210. The molecule has 0 heterocycles. The first-order chi connectivity index (χ1) is 9.39. The molecule has 0 saturated heterocycles. The summed E-state index contributed by atoms with van der Waals surface area (Å²) in [4.78, 5) is 29.6. The molecule has 0 aromatic heterocycles. The van der Waals surface area contributed by atoms with Gasteiger partial charge in [0, 0.05) is 0 Å². The van der Waals surface area contributed by atoms with Crippen LogP contribution in [-0.4, -0.2) is 14.7 Å². The van der Waals surface area contributed by atoms with Crippen molar-refractivity contribution in [3.05, 3.63) is 23.8 Å². The molecule has 0 amide bonds. The maximum absolute atomic E-state index is 9.85. The Morgan fingerprint density at radius 3 is 1.40 bits per heavy atom. The molecule has 0 aliphatic rings. The molecule has 0 atom stereocenters. The molecule has 20 heavy (non-hydrogen) atoms. The zero-order valence-electron chi connectivity index (χ0n) is 13.2. The number of hydrogen-bond donors (Lipinski definition) is 3. The van der Waals surface area contributed by atoms with Gasteiger partial charge in [0.15, 0.2) is 0 Å². The Balaban J connectivity index is 4.01. The fraction of sp³-hybridized carbons (Fsp3) is 0.750. The zero-order valence-corrected chi connectivity index (χ0v) is 14.1. The van der Waals surface area contributed by atoms with Gasteiger partial charge in [0.2, 0.25) is 0 Å². The average molecular weight is 304 g/mol. The Bertz CT molecular complexity index is 264. The summed E-state index contributed by atoms with van der Waals surface area (Å²) in [5.41, 5.74) is 0. The molecule has 3 nitrogen and oxygen atoms in total. The van der Waals surface area contributed by atoms with Crippen LogP contribution in [0.2, 0.25) is 0 Å². The van der Waals surface area contributed by atoms with Crippen LogP contribution in [0.5, 0.6) is 0 Å². The van der Waals surface area contributed by atoms with E-state index in [-0.39, 0.29) is 0 Å². The Kier molecular flexibility index (Phi) is 10.4. The van der Waals surface area contributed by atoms with Crippen LogP contribution in [-0.2, 0) is 0 Å². The summed E-state index contributed by atoms with van der Waals surface area (Å²) < 4.78 is 0. The predicted molar refractivity (Wildman–Crippen MR) is 89.4 cm³/mol. The molecule has 0 fully saturated rings. The molecule has 0 aromatic rings. The second-order valence-electron chi connectivity index (χ2n) is 5.58. The normalized spacial score (nSPS) is 14.9. The van der Waals surface area contributed by atoms with Crippen molar-refractivity contribution in [2.75, 3.05) is 0 Å². The number of unbranched alkanes of at least 4 members (excludes halogenated alkanes) is 8. The van der Waals surface area contributed by atoms with Crippen LogP contribution >= 0.6 is 7.28 Å². The van der Waals surface area contributed by atoms with Crippen molar-refractivity contribution in [2.24, 2.45) is 0 Å². The topological polar surface area (TPSA) is 60.7 Å². The van der Waals surface area contributed by atoms with Crippen molar-refractivity contribution < 1.29 is 14.7 Å². The van der Waals surface area contributed by atoms with Gasteiger partial charge in [-0.05, 0) is 0 Å². The maximum atomic E-state index is 9.85. The molecule has 120 valence electrons. The third kappa shape index (κ3) is 12.8. The first kappa shape index (κ1) is 19.8. The van der Waals surface area contributed by atoms with E-state index in [1.165, 1.54) is 37.3 Å². The molecule has 3 N–H and O–H groups in total. The van der Waals surface area contributed by atoms with Crippen molar-refractivity contribution >= 4 is 7.28 Å². The van der Waals surface area contributed by atoms with Gasteiger partial charge < -0.3 is 0 Å². The van der Waals surface area contributed by atoms with Crippen LogP contribution in [0.4, 0.5) is 0 Å². The van der Waals surface area contributed by atoms with E-state index in [2.05, 4.69) is 13.8 Å². The van der Waals surface area contributed by atoms with Gasteiger partial charge in [-0.1, -0.05) is 0 Å². The van der Waals surface area contributed by atoms with Gasteiger partial charge in [-0.2, -0.15) is 0 Å². The van der Waals surface area contributed by atoms with E-state index in [1.807, 2.05) is 0 Å². The fourth-order valence-electron chi connectivity index (χ4n) is 1.98. The van der Waals surface area contributed by atoms with Gasteiger partial charge in [0.25, 0.3) is 0 Å². The summed E-state index contributed by atoms with van der Waals surface area (Å²) in [6, 6.07) is 0. The summed E-state index contributed by atoms with van der Waals surface area (Å²) in [5.74, 6) is 2.39. The predicted octanol–water partition coefficient (Wildman–Crippen LogP) is 5.23. The third-order valence-corrected chi connectivity index (χ3v) is 4.80. The van der Waals surface area contributed by atoms with E-state index in [0.29, 0.717) is 0 Å². The second-order valence-corrected chi connectivity index (χ2v) is 8.40. The molecular weight excluding hydrogens is 271 g/mol. The second kappa shape index (κ2) is 10.5. The zero-order chi connectivity index (χ0) is 15.3. The monoisotopic (exact) mass is 304 g/mol. The van der Waals surface area contributed by atoms with Crippen LogP contribution in [0.3, 0.4) is 0 Å². The first-order valence-corrected chi connectivity index (χ1v) is 10.2. The SMILES string of the molecule is CCCCCCC=CP(O)(O)(O)C=CCCCCCC. The van der Waals surface area contributed by atoms with Crippen molar-refractivity contribution in [3.8, 4) is 0 Å². The van der Waals surface area contributed by atoms with Gasteiger partial charge in [-0.25, -0.2) is 0 Å². The molecule has 4 heteroatoms.